The number of hydrogen-bond acceptors (Lipinski definition) is 4. The molecule has 1 aliphatic heterocycles. The van der Waals surface area contributed by atoms with Crippen LogP contribution in [-0.4, -0.2) is 24.3 Å². The number of para-hydroxylation sites is 1. The molecule has 1 atom stereocenters. The van der Waals surface area contributed by atoms with Crippen molar-refractivity contribution in [2.24, 2.45) is 0 Å². The summed E-state index contributed by atoms with van der Waals surface area (Å²) in [5.74, 6) is 0. The van der Waals surface area contributed by atoms with Crippen LogP contribution in [-0.2, 0) is 10.0 Å². The molecule has 1 aromatic carbocycles. The fraction of sp³-hybridized carbons (Fsp3) is 0.278. The molecule has 2 aromatic heterocycles. The number of aromatic nitrogens is 1. The van der Waals surface area contributed by atoms with E-state index in [1.807, 2.05) is 36.6 Å². The molecule has 3 aromatic rings. The number of aryl methyl sites for hydroxylation is 1. The van der Waals surface area contributed by atoms with E-state index >= 15 is 0 Å². The standard InChI is InChI=1S/C18H18N2O2S2/c1-13-11-14-5-2-8-17(18(14)19-12-13)24(21,22)20-9-3-6-15(20)16-7-4-10-23-16/h2,4-5,7-8,10-12,15H,3,6,9H2,1H3. The van der Waals surface area contributed by atoms with Crippen LogP contribution in [0.15, 0.2) is 52.9 Å². The number of sulfonamides is 1. The average Bonchev–Trinajstić information content (AvgIpc) is 3.24. The predicted molar refractivity (Wildman–Crippen MR) is 96.7 cm³/mol. The molecule has 1 saturated heterocycles. The highest BCUT2D eigenvalue weighted by Gasteiger charge is 2.37. The van der Waals surface area contributed by atoms with Crippen molar-refractivity contribution in [2.45, 2.75) is 30.7 Å². The summed E-state index contributed by atoms with van der Waals surface area (Å²) in [5.41, 5.74) is 1.58. The van der Waals surface area contributed by atoms with E-state index in [4.69, 9.17) is 0 Å². The molecule has 1 unspecified atom stereocenters. The maximum Gasteiger partial charge on any atom is 0.245 e. The lowest BCUT2D eigenvalue weighted by molar-refractivity contribution is 0.401. The minimum Gasteiger partial charge on any atom is -0.255 e. The number of hydrogen-bond donors (Lipinski definition) is 0. The highest BCUT2D eigenvalue weighted by Crippen LogP contribution is 2.39. The first-order valence-corrected chi connectivity index (χ1v) is 10.3. The fourth-order valence-corrected chi connectivity index (χ4v) is 6.15. The molecule has 0 aliphatic carbocycles. The maximum atomic E-state index is 13.3. The van der Waals surface area contributed by atoms with E-state index in [1.165, 1.54) is 0 Å². The van der Waals surface area contributed by atoms with Crippen LogP contribution in [0.25, 0.3) is 10.9 Å². The van der Waals surface area contributed by atoms with Gasteiger partial charge in [-0.15, -0.1) is 11.3 Å². The quantitative estimate of drug-likeness (QED) is 0.707. The highest BCUT2D eigenvalue weighted by molar-refractivity contribution is 7.89. The first kappa shape index (κ1) is 15.7. The average molecular weight is 358 g/mol. The van der Waals surface area contributed by atoms with Crippen molar-refractivity contribution in [2.75, 3.05) is 6.54 Å². The number of rotatable bonds is 3. The summed E-state index contributed by atoms with van der Waals surface area (Å²) in [4.78, 5) is 5.82. The van der Waals surface area contributed by atoms with Gasteiger partial charge in [0.25, 0.3) is 0 Å². The van der Waals surface area contributed by atoms with Crippen molar-refractivity contribution >= 4 is 32.3 Å². The number of pyridine rings is 1. The first-order valence-electron chi connectivity index (χ1n) is 7.98. The molecule has 0 radical (unpaired) electrons. The third-order valence-corrected chi connectivity index (χ3v) is 7.39. The van der Waals surface area contributed by atoms with Crippen LogP contribution >= 0.6 is 11.3 Å². The Morgan fingerprint density at radius 3 is 2.92 bits per heavy atom. The summed E-state index contributed by atoms with van der Waals surface area (Å²) in [6, 6.07) is 11.3. The van der Waals surface area contributed by atoms with E-state index in [1.54, 1.807) is 34.0 Å². The van der Waals surface area contributed by atoms with E-state index in [-0.39, 0.29) is 6.04 Å². The molecule has 0 N–H and O–H groups in total. The zero-order chi connectivity index (χ0) is 16.7. The van der Waals surface area contributed by atoms with E-state index in [2.05, 4.69) is 4.98 Å². The molecule has 0 saturated carbocycles. The summed E-state index contributed by atoms with van der Waals surface area (Å²) >= 11 is 1.62. The van der Waals surface area contributed by atoms with Gasteiger partial charge in [-0.3, -0.25) is 4.98 Å². The lowest BCUT2D eigenvalue weighted by Crippen LogP contribution is -2.30. The Labute approximate surface area is 145 Å². The van der Waals surface area contributed by atoms with Crippen molar-refractivity contribution in [1.29, 1.82) is 0 Å². The largest absolute Gasteiger partial charge is 0.255 e. The lowest BCUT2D eigenvalue weighted by Gasteiger charge is -2.23. The smallest absolute Gasteiger partial charge is 0.245 e. The number of benzene rings is 1. The monoisotopic (exact) mass is 358 g/mol. The molecule has 0 bridgehead atoms. The zero-order valence-corrected chi connectivity index (χ0v) is 15.0. The van der Waals surface area contributed by atoms with Gasteiger partial charge in [0.2, 0.25) is 10.0 Å². The number of thiophene rings is 1. The lowest BCUT2D eigenvalue weighted by atomic mass is 10.2. The van der Waals surface area contributed by atoms with Gasteiger partial charge in [-0.25, -0.2) is 8.42 Å². The molecule has 1 aliphatic rings. The molecule has 6 heteroatoms. The highest BCUT2D eigenvalue weighted by atomic mass is 32.2. The Morgan fingerprint density at radius 2 is 2.12 bits per heavy atom. The minimum absolute atomic E-state index is 0.0595. The molecule has 4 rings (SSSR count). The van der Waals surface area contributed by atoms with Gasteiger partial charge in [-0.1, -0.05) is 18.2 Å². The summed E-state index contributed by atoms with van der Waals surface area (Å²) in [6.07, 6.45) is 3.48. The van der Waals surface area contributed by atoms with E-state index in [9.17, 15) is 8.42 Å². The summed E-state index contributed by atoms with van der Waals surface area (Å²) in [7, 11) is -3.58. The minimum atomic E-state index is -3.58. The molecule has 3 heterocycles. The summed E-state index contributed by atoms with van der Waals surface area (Å²) in [5, 5.41) is 2.86. The normalized spacial score (nSPS) is 19.1. The Hall–Kier alpha value is -1.76. The van der Waals surface area contributed by atoms with Gasteiger partial charge >= 0.3 is 0 Å². The summed E-state index contributed by atoms with van der Waals surface area (Å²) < 4.78 is 28.3. The Morgan fingerprint density at radius 1 is 1.25 bits per heavy atom. The predicted octanol–water partition coefficient (Wildman–Crippen LogP) is 4.13. The first-order chi connectivity index (χ1) is 11.6. The van der Waals surface area contributed by atoms with Crippen LogP contribution in [0, 0.1) is 6.92 Å². The van der Waals surface area contributed by atoms with Crippen LogP contribution in [0.5, 0.6) is 0 Å². The second kappa shape index (κ2) is 5.95. The van der Waals surface area contributed by atoms with Crippen molar-refractivity contribution in [3.05, 3.63) is 58.4 Å². The summed E-state index contributed by atoms with van der Waals surface area (Å²) in [6.45, 7) is 2.52. The topological polar surface area (TPSA) is 50.3 Å². The molecule has 0 amide bonds. The van der Waals surface area contributed by atoms with Crippen molar-refractivity contribution < 1.29 is 8.42 Å². The molecule has 24 heavy (non-hydrogen) atoms. The van der Waals surface area contributed by atoms with Crippen molar-refractivity contribution in [1.82, 2.24) is 9.29 Å². The Kier molecular flexibility index (Phi) is 3.90. The van der Waals surface area contributed by atoms with Gasteiger partial charge in [-0.05, 0) is 48.9 Å². The third-order valence-electron chi connectivity index (χ3n) is 4.47. The van der Waals surface area contributed by atoms with Crippen LogP contribution in [0.3, 0.4) is 0 Å². The molecule has 0 spiro atoms. The van der Waals surface area contributed by atoms with Crippen LogP contribution < -0.4 is 0 Å². The van der Waals surface area contributed by atoms with Crippen LogP contribution in [0.1, 0.15) is 29.3 Å². The molecule has 1 fully saturated rings. The van der Waals surface area contributed by atoms with Crippen molar-refractivity contribution in [3.8, 4) is 0 Å². The molecule has 4 nitrogen and oxygen atoms in total. The van der Waals surface area contributed by atoms with E-state index in [0.29, 0.717) is 17.0 Å². The Bertz CT molecular complexity index is 981. The van der Waals surface area contributed by atoms with Crippen molar-refractivity contribution in [3.63, 3.8) is 0 Å². The van der Waals surface area contributed by atoms with E-state index in [0.717, 1.165) is 28.7 Å². The Balaban J connectivity index is 1.83. The third kappa shape index (κ3) is 2.55. The zero-order valence-electron chi connectivity index (χ0n) is 13.3. The van der Waals surface area contributed by atoms with Crippen LogP contribution in [0.4, 0.5) is 0 Å². The molecular weight excluding hydrogens is 340 g/mol. The van der Waals surface area contributed by atoms with E-state index < -0.39 is 10.0 Å². The van der Waals surface area contributed by atoms with Crippen LogP contribution in [0.2, 0.25) is 0 Å². The van der Waals surface area contributed by atoms with Gasteiger partial charge in [0, 0.05) is 23.0 Å². The maximum absolute atomic E-state index is 13.3. The second-order valence-electron chi connectivity index (χ2n) is 6.13. The van der Waals surface area contributed by atoms with Gasteiger partial charge in [0.05, 0.1) is 11.6 Å². The second-order valence-corrected chi connectivity index (χ2v) is 8.97. The molecule has 124 valence electrons. The number of nitrogens with zero attached hydrogens (tertiary/aromatic N) is 2. The van der Waals surface area contributed by atoms with Gasteiger partial charge < -0.3 is 0 Å². The van der Waals surface area contributed by atoms with Gasteiger partial charge in [0.1, 0.15) is 4.90 Å². The fourth-order valence-electron chi connectivity index (χ4n) is 3.37. The number of fused-ring (bicyclic) bond motifs is 1. The SMILES string of the molecule is Cc1cnc2c(S(=O)(=O)N3CCCC3c3cccs3)cccc2c1. The van der Waals surface area contributed by atoms with Gasteiger partial charge in [0.15, 0.2) is 0 Å². The van der Waals surface area contributed by atoms with Gasteiger partial charge in [-0.2, -0.15) is 4.31 Å². The molecular formula is C18H18N2O2S2.